The molecule has 138 valence electrons. The van der Waals surface area contributed by atoms with E-state index in [0.29, 0.717) is 25.5 Å². The number of aromatic nitrogens is 3. The second-order valence-corrected chi connectivity index (χ2v) is 6.86. The van der Waals surface area contributed by atoms with Gasteiger partial charge in [0.2, 0.25) is 11.8 Å². The minimum atomic E-state index is -0.433. The number of aryl methyl sites for hydroxylation is 1. The third-order valence-electron chi connectivity index (χ3n) is 5.05. The zero-order valence-electron chi connectivity index (χ0n) is 15.0. The molecule has 0 bridgehead atoms. The highest BCUT2D eigenvalue weighted by atomic mass is 16.5. The average Bonchev–Trinajstić information content (AvgIpc) is 3.30. The van der Waals surface area contributed by atoms with E-state index in [4.69, 9.17) is 4.74 Å². The van der Waals surface area contributed by atoms with E-state index >= 15 is 0 Å². The monoisotopic (exact) mass is 349 g/mol. The van der Waals surface area contributed by atoms with Gasteiger partial charge in [-0.2, -0.15) is 5.10 Å². The topological polar surface area (TPSA) is 100 Å². The summed E-state index contributed by atoms with van der Waals surface area (Å²) >= 11 is 0. The number of carbonyl (C=O) groups is 2. The normalized spacial score (nSPS) is 22.8. The maximum Gasteiger partial charge on any atom is 0.245 e. The highest BCUT2D eigenvalue weighted by molar-refractivity contribution is 5.87. The van der Waals surface area contributed by atoms with E-state index in [1.807, 2.05) is 6.92 Å². The van der Waals surface area contributed by atoms with Crippen molar-refractivity contribution in [3.8, 4) is 0 Å². The highest BCUT2D eigenvalue weighted by Gasteiger charge is 2.37. The highest BCUT2D eigenvalue weighted by Crippen LogP contribution is 2.29. The van der Waals surface area contributed by atoms with Crippen molar-refractivity contribution in [1.29, 1.82) is 0 Å². The van der Waals surface area contributed by atoms with Gasteiger partial charge in [-0.15, -0.1) is 0 Å². The van der Waals surface area contributed by atoms with Gasteiger partial charge in [0.05, 0.1) is 13.2 Å². The van der Waals surface area contributed by atoms with E-state index in [1.54, 1.807) is 4.90 Å². The molecule has 1 aliphatic heterocycles. The Hall–Kier alpha value is -1.96. The molecule has 1 saturated heterocycles. The Balaban J connectivity index is 1.69. The van der Waals surface area contributed by atoms with Crippen molar-refractivity contribution in [3.05, 3.63) is 11.6 Å². The van der Waals surface area contributed by atoms with Gasteiger partial charge in [-0.1, -0.05) is 19.8 Å². The summed E-state index contributed by atoms with van der Waals surface area (Å²) in [6.07, 6.45) is 4.68. The predicted octanol–water partition coefficient (Wildman–Crippen LogP) is 0.962. The van der Waals surface area contributed by atoms with Crippen molar-refractivity contribution in [1.82, 2.24) is 25.4 Å². The van der Waals surface area contributed by atoms with Crippen LogP contribution in [0, 0.1) is 5.92 Å². The molecule has 0 radical (unpaired) electrons. The first-order chi connectivity index (χ1) is 12.1. The van der Waals surface area contributed by atoms with Crippen LogP contribution in [0.5, 0.6) is 0 Å². The molecule has 0 aromatic carbocycles. The Morgan fingerprint density at radius 1 is 1.40 bits per heavy atom. The Morgan fingerprint density at radius 3 is 2.80 bits per heavy atom. The van der Waals surface area contributed by atoms with Crippen molar-refractivity contribution in [2.75, 3.05) is 19.7 Å². The first-order valence-electron chi connectivity index (χ1n) is 9.17. The summed E-state index contributed by atoms with van der Waals surface area (Å²) in [4.78, 5) is 30.9. The summed E-state index contributed by atoms with van der Waals surface area (Å²) in [7, 11) is 0. The molecule has 2 heterocycles. The van der Waals surface area contributed by atoms with Gasteiger partial charge in [-0.05, 0) is 18.8 Å². The van der Waals surface area contributed by atoms with Gasteiger partial charge < -0.3 is 15.0 Å². The number of morpholine rings is 1. The molecule has 2 N–H and O–H groups in total. The predicted molar refractivity (Wildman–Crippen MR) is 90.6 cm³/mol. The van der Waals surface area contributed by atoms with Gasteiger partial charge in [0.1, 0.15) is 18.0 Å². The first-order valence-corrected chi connectivity index (χ1v) is 9.17. The molecule has 3 rings (SSSR count). The van der Waals surface area contributed by atoms with Gasteiger partial charge in [-0.3, -0.25) is 14.7 Å². The summed E-state index contributed by atoms with van der Waals surface area (Å²) in [5.41, 5.74) is 0. The molecular formula is C17H27N5O3. The Morgan fingerprint density at radius 2 is 2.16 bits per heavy atom. The molecule has 1 aromatic rings. The Bertz CT molecular complexity index is 611. The molecular weight excluding hydrogens is 322 g/mol. The summed E-state index contributed by atoms with van der Waals surface area (Å²) in [6.45, 7) is 4.87. The molecule has 2 aliphatic rings. The smallest absolute Gasteiger partial charge is 0.245 e. The van der Waals surface area contributed by atoms with E-state index in [-0.39, 0.29) is 23.8 Å². The van der Waals surface area contributed by atoms with Crippen molar-refractivity contribution < 1.29 is 14.3 Å². The van der Waals surface area contributed by atoms with Crippen LogP contribution in [0.1, 0.15) is 57.3 Å². The number of aromatic amines is 1. The minimum absolute atomic E-state index is 0.0124. The lowest BCUT2D eigenvalue weighted by Crippen LogP contribution is -2.54. The second kappa shape index (κ2) is 7.95. The standard InChI is InChI=1S/C17H27N5O3/c1-3-14-19-16(21-20-14)13-10-22(8-9-25-13)17(24)15(18-11(2)23)12-6-4-5-7-12/h12-13,15H,3-10H2,1-2H3,(H,18,23)(H,19,20,21)/t13-,15-/m0/s1. The van der Waals surface area contributed by atoms with E-state index < -0.39 is 6.04 Å². The lowest BCUT2D eigenvalue weighted by molar-refractivity contribution is -0.144. The number of rotatable bonds is 5. The van der Waals surface area contributed by atoms with Gasteiger partial charge in [0.15, 0.2) is 5.82 Å². The van der Waals surface area contributed by atoms with Crippen LogP contribution in [-0.4, -0.2) is 57.6 Å². The van der Waals surface area contributed by atoms with Gasteiger partial charge in [-0.25, -0.2) is 4.98 Å². The Labute approximate surface area is 147 Å². The van der Waals surface area contributed by atoms with Crippen LogP contribution in [0.25, 0.3) is 0 Å². The molecule has 1 aliphatic carbocycles. The number of ether oxygens (including phenoxy) is 1. The fourth-order valence-corrected chi connectivity index (χ4v) is 3.71. The molecule has 1 aromatic heterocycles. The molecule has 0 unspecified atom stereocenters. The van der Waals surface area contributed by atoms with Crippen molar-refractivity contribution in [2.45, 2.75) is 58.1 Å². The van der Waals surface area contributed by atoms with Crippen LogP contribution in [-0.2, 0) is 20.7 Å². The third-order valence-corrected chi connectivity index (χ3v) is 5.05. The quantitative estimate of drug-likeness (QED) is 0.825. The van der Waals surface area contributed by atoms with Crippen LogP contribution >= 0.6 is 0 Å². The number of carbonyl (C=O) groups excluding carboxylic acids is 2. The lowest BCUT2D eigenvalue weighted by atomic mass is 9.96. The largest absolute Gasteiger partial charge is 0.366 e. The van der Waals surface area contributed by atoms with Crippen molar-refractivity contribution in [3.63, 3.8) is 0 Å². The molecule has 2 fully saturated rings. The lowest BCUT2D eigenvalue weighted by Gasteiger charge is -2.35. The molecule has 25 heavy (non-hydrogen) atoms. The van der Waals surface area contributed by atoms with Crippen LogP contribution in [0.3, 0.4) is 0 Å². The van der Waals surface area contributed by atoms with E-state index in [1.165, 1.54) is 6.92 Å². The van der Waals surface area contributed by atoms with Crippen molar-refractivity contribution in [2.24, 2.45) is 5.92 Å². The fourth-order valence-electron chi connectivity index (χ4n) is 3.71. The zero-order chi connectivity index (χ0) is 17.8. The summed E-state index contributed by atoms with van der Waals surface area (Å²) in [5.74, 6) is 1.46. The zero-order valence-corrected chi connectivity index (χ0v) is 15.0. The van der Waals surface area contributed by atoms with Crippen LogP contribution in [0.4, 0.5) is 0 Å². The molecule has 1 saturated carbocycles. The first kappa shape index (κ1) is 17.8. The summed E-state index contributed by atoms with van der Waals surface area (Å²) in [6, 6.07) is -0.433. The van der Waals surface area contributed by atoms with Gasteiger partial charge in [0, 0.05) is 19.9 Å². The van der Waals surface area contributed by atoms with E-state index in [2.05, 4.69) is 20.5 Å². The van der Waals surface area contributed by atoms with E-state index in [0.717, 1.165) is 37.9 Å². The van der Waals surface area contributed by atoms with Crippen LogP contribution in [0.2, 0.25) is 0 Å². The number of amides is 2. The Kier molecular flexibility index (Phi) is 5.67. The molecule has 8 nitrogen and oxygen atoms in total. The summed E-state index contributed by atoms with van der Waals surface area (Å²) in [5, 5.41) is 9.97. The molecule has 8 heteroatoms. The number of hydrogen-bond donors (Lipinski definition) is 2. The summed E-state index contributed by atoms with van der Waals surface area (Å²) < 4.78 is 5.76. The molecule has 2 amide bonds. The number of nitrogens with zero attached hydrogens (tertiary/aromatic N) is 3. The van der Waals surface area contributed by atoms with Gasteiger partial charge >= 0.3 is 0 Å². The maximum atomic E-state index is 13.1. The number of H-pyrrole nitrogens is 1. The number of hydrogen-bond acceptors (Lipinski definition) is 5. The van der Waals surface area contributed by atoms with Crippen LogP contribution in [0.15, 0.2) is 0 Å². The second-order valence-electron chi connectivity index (χ2n) is 6.86. The van der Waals surface area contributed by atoms with Crippen LogP contribution < -0.4 is 5.32 Å². The fraction of sp³-hybridized carbons (Fsp3) is 0.765. The SMILES string of the molecule is CCc1nc([C@@H]2CN(C(=O)[C@@H](NC(C)=O)C3CCCC3)CCO2)n[nH]1. The molecule has 2 atom stereocenters. The number of nitrogens with one attached hydrogen (secondary N) is 2. The average molecular weight is 349 g/mol. The van der Waals surface area contributed by atoms with E-state index in [9.17, 15) is 9.59 Å². The maximum absolute atomic E-state index is 13.1. The molecule has 0 spiro atoms. The minimum Gasteiger partial charge on any atom is -0.366 e. The van der Waals surface area contributed by atoms with Crippen molar-refractivity contribution >= 4 is 11.8 Å². The third kappa shape index (κ3) is 4.18. The van der Waals surface area contributed by atoms with Gasteiger partial charge in [0.25, 0.3) is 0 Å².